The smallest absolute Gasteiger partial charge is 0.229 e. The predicted molar refractivity (Wildman–Crippen MR) is 103 cm³/mol. The van der Waals surface area contributed by atoms with Crippen LogP contribution in [0, 0.1) is 12.8 Å². The third kappa shape index (κ3) is 5.22. The van der Waals surface area contributed by atoms with Crippen LogP contribution in [-0.2, 0) is 5.41 Å². The summed E-state index contributed by atoms with van der Waals surface area (Å²) in [6.07, 6.45) is 1.12. The Bertz CT molecular complexity index is 672. The van der Waals surface area contributed by atoms with Crippen molar-refractivity contribution in [3.63, 3.8) is 0 Å². The van der Waals surface area contributed by atoms with Gasteiger partial charge in [0, 0.05) is 24.0 Å². The molecule has 0 aliphatic carbocycles. The lowest BCUT2D eigenvalue weighted by Gasteiger charge is -2.23. The van der Waals surface area contributed by atoms with E-state index in [-0.39, 0.29) is 5.41 Å². The minimum Gasteiger partial charge on any atom is -0.370 e. The summed E-state index contributed by atoms with van der Waals surface area (Å²) >= 11 is 0. The average Bonchev–Trinajstić information content (AvgIpc) is 2.45. The normalized spacial score (nSPS) is 11.6. The van der Waals surface area contributed by atoms with E-state index in [1.54, 1.807) is 0 Å². The molecule has 0 saturated heterocycles. The van der Waals surface area contributed by atoms with E-state index < -0.39 is 0 Å². The van der Waals surface area contributed by atoms with Gasteiger partial charge in [0.1, 0.15) is 5.82 Å². The Balaban J connectivity index is 2.20. The third-order valence-electron chi connectivity index (χ3n) is 3.86. The zero-order valence-electron chi connectivity index (χ0n) is 15.8. The number of hydrogen-bond acceptors (Lipinski definition) is 4. The summed E-state index contributed by atoms with van der Waals surface area (Å²) in [4.78, 5) is 9.15. The fourth-order valence-corrected chi connectivity index (χ4v) is 2.57. The molecule has 4 heteroatoms. The molecule has 4 nitrogen and oxygen atoms in total. The van der Waals surface area contributed by atoms with Gasteiger partial charge in [-0.05, 0) is 36.3 Å². The summed E-state index contributed by atoms with van der Waals surface area (Å²) in [5, 5.41) is 6.79. The number of aromatic nitrogens is 2. The SMILES string of the molecule is Cc1cc(NCCC(C)C)nc(Nc2ccccc2C(C)(C)C)n1. The lowest BCUT2D eigenvalue weighted by atomic mass is 9.86. The van der Waals surface area contributed by atoms with Gasteiger partial charge in [0.15, 0.2) is 0 Å². The van der Waals surface area contributed by atoms with Gasteiger partial charge in [-0.3, -0.25) is 0 Å². The Morgan fingerprint density at radius 1 is 1.08 bits per heavy atom. The van der Waals surface area contributed by atoms with E-state index in [1.165, 1.54) is 5.56 Å². The van der Waals surface area contributed by atoms with E-state index in [2.05, 4.69) is 73.4 Å². The molecule has 0 aliphatic rings. The first kappa shape index (κ1) is 18.2. The van der Waals surface area contributed by atoms with Crippen molar-refractivity contribution < 1.29 is 0 Å². The quantitative estimate of drug-likeness (QED) is 0.758. The molecule has 0 amide bonds. The maximum Gasteiger partial charge on any atom is 0.229 e. The van der Waals surface area contributed by atoms with Gasteiger partial charge in [-0.15, -0.1) is 0 Å². The molecule has 0 saturated carbocycles. The van der Waals surface area contributed by atoms with Crippen LogP contribution >= 0.6 is 0 Å². The number of rotatable bonds is 6. The molecule has 130 valence electrons. The third-order valence-corrected chi connectivity index (χ3v) is 3.86. The number of anilines is 3. The van der Waals surface area contributed by atoms with Gasteiger partial charge in [-0.2, -0.15) is 4.98 Å². The van der Waals surface area contributed by atoms with Gasteiger partial charge in [-0.25, -0.2) is 4.98 Å². The first-order chi connectivity index (χ1) is 11.3. The molecular weight excluding hydrogens is 296 g/mol. The lowest BCUT2D eigenvalue weighted by molar-refractivity contribution is 0.592. The van der Waals surface area contributed by atoms with Crippen molar-refractivity contribution in [2.24, 2.45) is 5.92 Å². The van der Waals surface area contributed by atoms with Crippen molar-refractivity contribution in [3.05, 3.63) is 41.6 Å². The maximum atomic E-state index is 4.62. The molecule has 1 heterocycles. The van der Waals surface area contributed by atoms with Crippen LogP contribution in [0.25, 0.3) is 0 Å². The molecule has 0 atom stereocenters. The van der Waals surface area contributed by atoms with Crippen molar-refractivity contribution in [1.82, 2.24) is 9.97 Å². The van der Waals surface area contributed by atoms with Gasteiger partial charge in [-0.1, -0.05) is 52.8 Å². The van der Waals surface area contributed by atoms with Crippen LogP contribution in [0.5, 0.6) is 0 Å². The first-order valence-electron chi connectivity index (χ1n) is 8.72. The largest absolute Gasteiger partial charge is 0.370 e. The van der Waals surface area contributed by atoms with Crippen LogP contribution in [-0.4, -0.2) is 16.5 Å². The van der Waals surface area contributed by atoms with E-state index in [0.717, 1.165) is 30.2 Å². The van der Waals surface area contributed by atoms with E-state index in [4.69, 9.17) is 0 Å². The average molecular weight is 326 g/mol. The zero-order chi connectivity index (χ0) is 17.7. The first-order valence-corrected chi connectivity index (χ1v) is 8.72. The molecule has 0 bridgehead atoms. The number of para-hydroxylation sites is 1. The minimum absolute atomic E-state index is 0.0613. The van der Waals surface area contributed by atoms with E-state index in [1.807, 2.05) is 19.1 Å². The Kier molecular flexibility index (Phi) is 5.81. The molecule has 0 spiro atoms. The highest BCUT2D eigenvalue weighted by molar-refractivity contribution is 5.61. The highest BCUT2D eigenvalue weighted by Crippen LogP contribution is 2.30. The molecular formula is C20H30N4. The highest BCUT2D eigenvalue weighted by Gasteiger charge is 2.18. The van der Waals surface area contributed by atoms with Crippen LogP contribution in [0.1, 0.15) is 52.3 Å². The zero-order valence-corrected chi connectivity index (χ0v) is 15.8. The standard InChI is InChI=1S/C20H30N4/c1-14(2)11-12-21-18-13-15(3)22-19(24-18)23-17-10-8-7-9-16(17)20(4,5)6/h7-10,13-14H,11-12H2,1-6H3,(H2,21,22,23,24). The van der Waals surface area contributed by atoms with Gasteiger partial charge >= 0.3 is 0 Å². The van der Waals surface area contributed by atoms with Gasteiger partial charge in [0.2, 0.25) is 5.95 Å². The molecule has 0 aliphatic heterocycles. The van der Waals surface area contributed by atoms with Crippen LogP contribution in [0.4, 0.5) is 17.5 Å². The second-order valence-corrected chi connectivity index (χ2v) is 7.75. The van der Waals surface area contributed by atoms with E-state index in [9.17, 15) is 0 Å². The molecule has 0 fully saturated rings. The van der Waals surface area contributed by atoms with Crippen molar-refractivity contribution in [3.8, 4) is 0 Å². The Hall–Kier alpha value is -2.10. The molecule has 24 heavy (non-hydrogen) atoms. The topological polar surface area (TPSA) is 49.8 Å². The number of hydrogen-bond donors (Lipinski definition) is 2. The van der Waals surface area contributed by atoms with Crippen LogP contribution < -0.4 is 10.6 Å². The molecule has 2 aromatic rings. The molecule has 0 radical (unpaired) electrons. The number of nitrogens with zero attached hydrogens (tertiary/aromatic N) is 2. The van der Waals surface area contributed by atoms with Crippen molar-refractivity contribution in [2.45, 2.75) is 53.4 Å². The second-order valence-electron chi connectivity index (χ2n) is 7.75. The fraction of sp³-hybridized carbons (Fsp3) is 0.500. The van der Waals surface area contributed by atoms with Crippen molar-refractivity contribution in [1.29, 1.82) is 0 Å². The summed E-state index contributed by atoms with van der Waals surface area (Å²) < 4.78 is 0. The molecule has 2 N–H and O–H groups in total. The number of benzene rings is 1. The summed E-state index contributed by atoms with van der Waals surface area (Å²) in [6, 6.07) is 10.3. The summed E-state index contributed by atoms with van der Waals surface area (Å²) in [5.41, 5.74) is 3.33. The van der Waals surface area contributed by atoms with Gasteiger partial charge in [0.25, 0.3) is 0 Å². The van der Waals surface area contributed by atoms with Crippen LogP contribution in [0.15, 0.2) is 30.3 Å². The van der Waals surface area contributed by atoms with E-state index >= 15 is 0 Å². The summed E-state index contributed by atoms with van der Waals surface area (Å²) in [5.74, 6) is 2.19. The lowest BCUT2D eigenvalue weighted by Crippen LogP contribution is -2.14. The molecule has 1 aromatic carbocycles. The summed E-state index contributed by atoms with van der Waals surface area (Å²) in [6.45, 7) is 14.0. The highest BCUT2D eigenvalue weighted by atomic mass is 15.1. The molecule has 0 unspecified atom stereocenters. The number of aryl methyl sites for hydroxylation is 1. The fourth-order valence-electron chi connectivity index (χ4n) is 2.57. The maximum absolute atomic E-state index is 4.62. The Labute approximate surface area is 146 Å². The predicted octanol–water partition coefficient (Wildman–Crippen LogP) is 5.28. The van der Waals surface area contributed by atoms with Crippen LogP contribution in [0.2, 0.25) is 0 Å². The Morgan fingerprint density at radius 2 is 1.79 bits per heavy atom. The van der Waals surface area contributed by atoms with Gasteiger partial charge in [0.05, 0.1) is 0 Å². The van der Waals surface area contributed by atoms with E-state index in [0.29, 0.717) is 11.9 Å². The monoisotopic (exact) mass is 326 g/mol. The number of nitrogens with one attached hydrogen (secondary N) is 2. The molecule has 2 rings (SSSR count). The summed E-state index contributed by atoms with van der Waals surface area (Å²) in [7, 11) is 0. The Morgan fingerprint density at radius 3 is 2.46 bits per heavy atom. The second kappa shape index (κ2) is 7.65. The van der Waals surface area contributed by atoms with Gasteiger partial charge < -0.3 is 10.6 Å². The minimum atomic E-state index is 0.0613. The van der Waals surface area contributed by atoms with Crippen molar-refractivity contribution >= 4 is 17.5 Å². The van der Waals surface area contributed by atoms with Crippen LogP contribution in [0.3, 0.4) is 0 Å². The molecule has 1 aromatic heterocycles. The van der Waals surface area contributed by atoms with Crippen molar-refractivity contribution in [2.75, 3.05) is 17.2 Å².